The second-order valence-electron chi connectivity index (χ2n) is 3.71. The molecule has 0 radical (unpaired) electrons. The minimum absolute atomic E-state index is 0.0878. The van der Waals surface area contributed by atoms with Gasteiger partial charge in [0.2, 0.25) is 0 Å². The van der Waals surface area contributed by atoms with E-state index in [0.29, 0.717) is 6.54 Å². The third-order valence-electron chi connectivity index (χ3n) is 2.70. The van der Waals surface area contributed by atoms with Crippen molar-refractivity contribution < 1.29 is 14.4 Å². The number of anilines is 1. The number of methoxy groups -OCH3 is 2. The van der Waals surface area contributed by atoms with Crippen LogP contribution in [0, 0.1) is 10.1 Å². The molecule has 6 heteroatoms. The van der Waals surface area contributed by atoms with Gasteiger partial charge in [0.25, 0.3) is 5.69 Å². The van der Waals surface area contributed by atoms with E-state index in [-0.39, 0.29) is 12.0 Å². The van der Waals surface area contributed by atoms with Crippen molar-refractivity contribution >= 4 is 11.4 Å². The number of non-ortho nitro benzene ring substituents is 1. The van der Waals surface area contributed by atoms with Crippen molar-refractivity contribution in [2.75, 3.05) is 32.2 Å². The number of nitrogens with zero attached hydrogens (tertiary/aromatic N) is 2. The standard InChI is InChI=1S/C12H18N2O4/c1-4-13(9-12(17-2)18-3)10-5-7-11(8-6-10)14(15)16/h5-8,12H,4,9H2,1-3H3. The number of rotatable bonds is 7. The molecule has 0 aliphatic carbocycles. The lowest BCUT2D eigenvalue weighted by Gasteiger charge is -2.26. The number of nitro benzene ring substituents is 1. The molecule has 0 aromatic heterocycles. The van der Waals surface area contributed by atoms with E-state index in [2.05, 4.69) is 0 Å². The predicted molar refractivity (Wildman–Crippen MR) is 68.8 cm³/mol. The van der Waals surface area contributed by atoms with Crippen molar-refractivity contribution in [3.8, 4) is 0 Å². The molecule has 0 amide bonds. The Morgan fingerprint density at radius 1 is 1.28 bits per heavy atom. The van der Waals surface area contributed by atoms with Gasteiger partial charge in [0.15, 0.2) is 6.29 Å². The molecule has 100 valence electrons. The molecule has 1 aromatic rings. The highest BCUT2D eigenvalue weighted by Crippen LogP contribution is 2.19. The monoisotopic (exact) mass is 254 g/mol. The molecule has 0 saturated carbocycles. The first-order valence-corrected chi connectivity index (χ1v) is 5.67. The van der Waals surface area contributed by atoms with Gasteiger partial charge in [-0.3, -0.25) is 10.1 Å². The quantitative estimate of drug-likeness (QED) is 0.423. The van der Waals surface area contributed by atoms with E-state index in [1.807, 2.05) is 11.8 Å². The first kappa shape index (κ1) is 14.4. The van der Waals surface area contributed by atoms with Crippen LogP contribution in [0.4, 0.5) is 11.4 Å². The molecule has 1 aromatic carbocycles. The van der Waals surface area contributed by atoms with Crippen LogP contribution in [0.5, 0.6) is 0 Å². The molecule has 0 bridgehead atoms. The molecular weight excluding hydrogens is 236 g/mol. The highest BCUT2D eigenvalue weighted by Gasteiger charge is 2.13. The van der Waals surface area contributed by atoms with Crippen LogP contribution in [0.1, 0.15) is 6.92 Å². The second kappa shape index (κ2) is 6.93. The summed E-state index contributed by atoms with van der Waals surface area (Å²) < 4.78 is 10.3. The summed E-state index contributed by atoms with van der Waals surface area (Å²) in [5.41, 5.74) is 0.993. The van der Waals surface area contributed by atoms with Gasteiger partial charge in [-0.2, -0.15) is 0 Å². The average Bonchev–Trinajstić information content (AvgIpc) is 2.40. The van der Waals surface area contributed by atoms with Crippen molar-refractivity contribution in [3.63, 3.8) is 0 Å². The molecular formula is C12H18N2O4. The van der Waals surface area contributed by atoms with Gasteiger partial charge in [0.05, 0.1) is 11.5 Å². The normalized spacial score (nSPS) is 10.7. The highest BCUT2D eigenvalue weighted by molar-refractivity contribution is 5.50. The zero-order chi connectivity index (χ0) is 13.5. The van der Waals surface area contributed by atoms with Gasteiger partial charge in [-0.05, 0) is 19.1 Å². The number of ether oxygens (including phenoxy) is 2. The van der Waals surface area contributed by atoms with Crippen LogP contribution in [0.2, 0.25) is 0 Å². The largest absolute Gasteiger partial charge is 0.367 e. The summed E-state index contributed by atoms with van der Waals surface area (Å²) >= 11 is 0. The average molecular weight is 254 g/mol. The molecule has 6 nitrogen and oxygen atoms in total. The molecule has 0 aliphatic rings. The Labute approximate surface area is 106 Å². The summed E-state index contributed by atoms with van der Waals surface area (Å²) in [5, 5.41) is 10.6. The minimum Gasteiger partial charge on any atom is -0.367 e. The van der Waals surface area contributed by atoms with Crippen molar-refractivity contribution in [1.29, 1.82) is 0 Å². The molecule has 0 saturated heterocycles. The van der Waals surface area contributed by atoms with Gasteiger partial charge in [-0.15, -0.1) is 0 Å². The lowest BCUT2D eigenvalue weighted by molar-refractivity contribution is -0.384. The number of likely N-dealkylation sites (N-methyl/N-ethyl adjacent to an activating group) is 1. The Morgan fingerprint density at radius 3 is 2.22 bits per heavy atom. The van der Waals surface area contributed by atoms with Crippen molar-refractivity contribution in [2.45, 2.75) is 13.2 Å². The van der Waals surface area contributed by atoms with Crippen LogP contribution in [0.3, 0.4) is 0 Å². The Bertz CT molecular complexity index is 376. The SMILES string of the molecule is CCN(CC(OC)OC)c1ccc([N+](=O)[O-])cc1. The summed E-state index contributed by atoms with van der Waals surface area (Å²) in [6.07, 6.45) is -0.319. The molecule has 18 heavy (non-hydrogen) atoms. The fraction of sp³-hybridized carbons (Fsp3) is 0.500. The van der Waals surface area contributed by atoms with E-state index in [0.717, 1.165) is 12.2 Å². The minimum atomic E-state index is -0.410. The summed E-state index contributed by atoms with van der Waals surface area (Å²) in [4.78, 5) is 12.2. The van der Waals surface area contributed by atoms with Crippen molar-refractivity contribution in [3.05, 3.63) is 34.4 Å². The Hall–Kier alpha value is -1.66. The number of hydrogen-bond donors (Lipinski definition) is 0. The van der Waals surface area contributed by atoms with E-state index in [4.69, 9.17) is 9.47 Å². The number of benzene rings is 1. The molecule has 0 heterocycles. The topological polar surface area (TPSA) is 64.8 Å². The summed E-state index contributed by atoms with van der Waals surface area (Å²) in [5.74, 6) is 0. The lowest BCUT2D eigenvalue weighted by Crippen LogP contribution is -2.34. The van der Waals surface area contributed by atoms with Crippen LogP contribution >= 0.6 is 0 Å². The fourth-order valence-corrected chi connectivity index (χ4v) is 1.63. The maximum atomic E-state index is 10.6. The van der Waals surface area contributed by atoms with E-state index in [1.165, 1.54) is 12.1 Å². The third-order valence-corrected chi connectivity index (χ3v) is 2.70. The molecule has 0 N–H and O–H groups in total. The van der Waals surface area contributed by atoms with Gasteiger partial charge in [-0.25, -0.2) is 0 Å². The van der Waals surface area contributed by atoms with Crippen LogP contribution < -0.4 is 4.90 Å². The second-order valence-corrected chi connectivity index (χ2v) is 3.71. The Morgan fingerprint density at radius 2 is 1.83 bits per heavy atom. The first-order chi connectivity index (χ1) is 8.62. The van der Waals surface area contributed by atoms with Gasteiger partial charge in [-0.1, -0.05) is 0 Å². The maximum absolute atomic E-state index is 10.6. The van der Waals surface area contributed by atoms with E-state index in [9.17, 15) is 10.1 Å². The van der Waals surface area contributed by atoms with E-state index in [1.54, 1.807) is 26.4 Å². The molecule has 0 atom stereocenters. The zero-order valence-electron chi connectivity index (χ0n) is 10.8. The highest BCUT2D eigenvalue weighted by atomic mass is 16.7. The Balaban J connectivity index is 2.78. The van der Waals surface area contributed by atoms with Gasteiger partial charge in [0, 0.05) is 38.6 Å². The van der Waals surface area contributed by atoms with Crippen LogP contribution in [-0.2, 0) is 9.47 Å². The van der Waals surface area contributed by atoms with E-state index < -0.39 is 4.92 Å². The first-order valence-electron chi connectivity index (χ1n) is 5.67. The molecule has 1 rings (SSSR count). The maximum Gasteiger partial charge on any atom is 0.269 e. The fourth-order valence-electron chi connectivity index (χ4n) is 1.63. The lowest BCUT2D eigenvalue weighted by atomic mass is 10.2. The van der Waals surface area contributed by atoms with Gasteiger partial charge < -0.3 is 14.4 Å². The molecule has 0 unspecified atom stereocenters. The molecule has 0 spiro atoms. The smallest absolute Gasteiger partial charge is 0.269 e. The summed E-state index contributed by atoms with van der Waals surface area (Å²) in [7, 11) is 3.16. The van der Waals surface area contributed by atoms with Gasteiger partial charge in [0.1, 0.15) is 0 Å². The third kappa shape index (κ3) is 3.68. The Kier molecular flexibility index (Phi) is 5.54. The van der Waals surface area contributed by atoms with Gasteiger partial charge >= 0.3 is 0 Å². The summed E-state index contributed by atoms with van der Waals surface area (Å²) in [6, 6.07) is 6.44. The van der Waals surface area contributed by atoms with Crippen LogP contribution in [0.25, 0.3) is 0 Å². The van der Waals surface area contributed by atoms with Crippen molar-refractivity contribution in [1.82, 2.24) is 0 Å². The number of nitro groups is 1. The van der Waals surface area contributed by atoms with E-state index >= 15 is 0 Å². The van der Waals surface area contributed by atoms with Crippen LogP contribution in [-0.4, -0.2) is 38.5 Å². The molecule has 0 aliphatic heterocycles. The molecule has 0 fully saturated rings. The number of hydrogen-bond acceptors (Lipinski definition) is 5. The predicted octanol–water partition coefficient (Wildman–Crippen LogP) is 2.04. The zero-order valence-corrected chi connectivity index (χ0v) is 10.8. The van der Waals surface area contributed by atoms with Crippen LogP contribution in [0.15, 0.2) is 24.3 Å². The summed E-state index contributed by atoms with van der Waals surface area (Å²) in [6.45, 7) is 3.34. The van der Waals surface area contributed by atoms with Crippen molar-refractivity contribution in [2.24, 2.45) is 0 Å².